The Morgan fingerprint density at radius 2 is 1.89 bits per heavy atom. The maximum atomic E-state index is 12.1. The molecule has 1 rings (SSSR count). The van der Waals surface area contributed by atoms with E-state index in [9.17, 15) is 9.59 Å². The van der Waals surface area contributed by atoms with Crippen molar-refractivity contribution in [3.05, 3.63) is 0 Å². The number of nitrogens with zero attached hydrogens (tertiary/aromatic N) is 1. The molecule has 1 aliphatic carbocycles. The first kappa shape index (κ1) is 15.8. The van der Waals surface area contributed by atoms with Crippen molar-refractivity contribution in [1.82, 2.24) is 4.90 Å². The number of ether oxygens (including phenoxy) is 1. The normalized spacial score (nSPS) is 17.8. The largest absolute Gasteiger partial charge is 0.481 e. The lowest BCUT2D eigenvalue weighted by molar-refractivity contribution is -0.138. The first-order chi connectivity index (χ1) is 9.10. The fraction of sp³-hybridized carbons (Fsp3) is 0.857. The molecule has 110 valence electrons. The van der Waals surface area contributed by atoms with Crippen LogP contribution in [-0.2, 0) is 9.53 Å². The molecule has 0 saturated heterocycles. The second-order valence-electron chi connectivity index (χ2n) is 5.06. The Hall–Kier alpha value is -1.26. The monoisotopic (exact) mass is 271 g/mol. The first-order valence-electron chi connectivity index (χ1n) is 7.27. The summed E-state index contributed by atoms with van der Waals surface area (Å²) in [7, 11) is 0. The molecule has 19 heavy (non-hydrogen) atoms. The molecule has 1 amide bonds. The number of carboxylic acid groups (broad SMARTS) is 1. The van der Waals surface area contributed by atoms with Crippen LogP contribution in [0.5, 0.6) is 0 Å². The van der Waals surface area contributed by atoms with E-state index in [1.54, 1.807) is 11.8 Å². The van der Waals surface area contributed by atoms with Crippen LogP contribution in [-0.4, -0.2) is 40.8 Å². The molecule has 1 atom stereocenters. The molecule has 0 aromatic rings. The Labute approximate surface area is 114 Å². The Bertz CT molecular complexity index is 300. The van der Waals surface area contributed by atoms with Gasteiger partial charge in [0.1, 0.15) is 0 Å². The molecule has 0 spiro atoms. The molecular formula is C14H25NO4. The molecule has 1 saturated carbocycles. The molecule has 1 fully saturated rings. The van der Waals surface area contributed by atoms with E-state index >= 15 is 0 Å². The van der Waals surface area contributed by atoms with Crippen molar-refractivity contribution in [2.75, 3.05) is 6.61 Å². The van der Waals surface area contributed by atoms with Crippen molar-refractivity contribution in [3.63, 3.8) is 0 Å². The van der Waals surface area contributed by atoms with Crippen molar-refractivity contribution in [1.29, 1.82) is 0 Å². The Morgan fingerprint density at radius 3 is 2.37 bits per heavy atom. The Balaban J connectivity index is 2.81. The third-order valence-electron chi connectivity index (χ3n) is 3.72. The summed E-state index contributed by atoms with van der Waals surface area (Å²) in [4.78, 5) is 24.8. The van der Waals surface area contributed by atoms with Crippen molar-refractivity contribution in [3.8, 4) is 0 Å². The number of hydrogen-bond donors (Lipinski definition) is 1. The Morgan fingerprint density at radius 1 is 1.26 bits per heavy atom. The number of carbonyl (C=O) groups is 2. The molecule has 0 aliphatic heterocycles. The summed E-state index contributed by atoms with van der Waals surface area (Å²) in [6.07, 6.45) is 5.58. The van der Waals surface area contributed by atoms with E-state index in [2.05, 4.69) is 0 Å². The van der Waals surface area contributed by atoms with Crippen molar-refractivity contribution in [2.45, 2.75) is 70.9 Å². The van der Waals surface area contributed by atoms with Gasteiger partial charge in [0.2, 0.25) is 0 Å². The molecule has 0 radical (unpaired) electrons. The van der Waals surface area contributed by atoms with Gasteiger partial charge in [0.15, 0.2) is 0 Å². The average molecular weight is 271 g/mol. The number of carbonyl (C=O) groups excluding carboxylic acids is 1. The molecule has 5 nitrogen and oxygen atoms in total. The molecule has 0 heterocycles. The van der Waals surface area contributed by atoms with E-state index in [-0.39, 0.29) is 24.6 Å². The Kier molecular flexibility index (Phi) is 6.67. The highest BCUT2D eigenvalue weighted by molar-refractivity contribution is 5.71. The molecule has 1 aliphatic rings. The van der Waals surface area contributed by atoms with Crippen LogP contribution in [0.25, 0.3) is 0 Å². The molecule has 0 aromatic heterocycles. The minimum Gasteiger partial charge on any atom is -0.481 e. The quantitative estimate of drug-likeness (QED) is 0.806. The molecule has 1 unspecified atom stereocenters. The molecule has 0 aromatic carbocycles. The SMILES string of the molecule is CCOC(=O)N(C1CCCCC1)C(CC)CC(=O)O. The summed E-state index contributed by atoms with van der Waals surface area (Å²) in [5.41, 5.74) is 0. The van der Waals surface area contributed by atoms with E-state index in [1.165, 1.54) is 6.42 Å². The van der Waals surface area contributed by atoms with Crippen LogP contribution in [0.1, 0.15) is 58.8 Å². The summed E-state index contributed by atoms with van der Waals surface area (Å²) in [6.45, 7) is 4.02. The van der Waals surface area contributed by atoms with E-state index in [1.807, 2.05) is 6.92 Å². The summed E-state index contributed by atoms with van der Waals surface area (Å²) in [5, 5.41) is 9.00. The zero-order chi connectivity index (χ0) is 14.3. The van der Waals surface area contributed by atoms with Crippen molar-refractivity contribution < 1.29 is 19.4 Å². The van der Waals surface area contributed by atoms with Gasteiger partial charge in [0.05, 0.1) is 13.0 Å². The fourth-order valence-electron chi connectivity index (χ4n) is 2.79. The smallest absolute Gasteiger partial charge is 0.410 e. The molecule has 5 heteroatoms. The maximum Gasteiger partial charge on any atom is 0.410 e. The number of hydrogen-bond acceptors (Lipinski definition) is 3. The van der Waals surface area contributed by atoms with Crippen LogP contribution >= 0.6 is 0 Å². The van der Waals surface area contributed by atoms with Crippen LogP contribution < -0.4 is 0 Å². The number of amides is 1. The predicted octanol–water partition coefficient (Wildman–Crippen LogP) is 3.03. The van der Waals surface area contributed by atoms with Gasteiger partial charge in [-0.05, 0) is 26.2 Å². The van der Waals surface area contributed by atoms with Gasteiger partial charge in [0, 0.05) is 12.1 Å². The van der Waals surface area contributed by atoms with Crippen LogP contribution in [0, 0.1) is 0 Å². The van der Waals surface area contributed by atoms with Crippen LogP contribution in [0.4, 0.5) is 4.79 Å². The average Bonchev–Trinajstić information content (AvgIpc) is 2.39. The number of rotatable bonds is 6. The lowest BCUT2D eigenvalue weighted by Crippen LogP contribution is -2.48. The van der Waals surface area contributed by atoms with E-state index in [4.69, 9.17) is 9.84 Å². The van der Waals surface area contributed by atoms with Crippen molar-refractivity contribution in [2.24, 2.45) is 0 Å². The lowest BCUT2D eigenvalue weighted by Gasteiger charge is -2.38. The van der Waals surface area contributed by atoms with Gasteiger partial charge in [-0.25, -0.2) is 4.79 Å². The predicted molar refractivity (Wildman–Crippen MR) is 72.1 cm³/mol. The van der Waals surface area contributed by atoms with Crippen LogP contribution in [0.15, 0.2) is 0 Å². The first-order valence-corrected chi connectivity index (χ1v) is 7.27. The fourth-order valence-corrected chi connectivity index (χ4v) is 2.79. The number of aliphatic carboxylic acids is 1. The van der Waals surface area contributed by atoms with Gasteiger partial charge in [-0.2, -0.15) is 0 Å². The minimum atomic E-state index is -0.864. The summed E-state index contributed by atoms with van der Waals surface area (Å²) >= 11 is 0. The van der Waals surface area contributed by atoms with Gasteiger partial charge >= 0.3 is 12.1 Å². The van der Waals surface area contributed by atoms with Gasteiger partial charge < -0.3 is 14.7 Å². The van der Waals surface area contributed by atoms with Gasteiger partial charge in [0.25, 0.3) is 0 Å². The third-order valence-corrected chi connectivity index (χ3v) is 3.72. The van der Waals surface area contributed by atoms with E-state index in [0.717, 1.165) is 25.7 Å². The topological polar surface area (TPSA) is 66.8 Å². The maximum absolute atomic E-state index is 12.1. The summed E-state index contributed by atoms with van der Waals surface area (Å²) < 4.78 is 5.12. The van der Waals surface area contributed by atoms with E-state index in [0.29, 0.717) is 13.0 Å². The zero-order valence-corrected chi connectivity index (χ0v) is 11.9. The third kappa shape index (κ3) is 4.73. The van der Waals surface area contributed by atoms with Gasteiger partial charge in [-0.1, -0.05) is 26.2 Å². The van der Waals surface area contributed by atoms with Gasteiger partial charge in [-0.15, -0.1) is 0 Å². The zero-order valence-electron chi connectivity index (χ0n) is 11.9. The summed E-state index contributed by atoms with van der Waals surface area (Å²) in [5.74, 6) is -0.864. The highest BCUT2D eigenvalue weighted by atomic mass is 16.6. The van der Waals surface area contributed by atoms with Crippen LogP contribution in [0.2, 0.25) is 0 Å². The standard InChI is InChI=1S/C14H25NO4/c1-3-11(10-13(16)17)15(14(18)19-4-2)12-8-6-5-7-9-12/h11-12H,3-10H2,1-2H3,(H,16,17). The highest BCUT2D eigenvalue weighted by Gasteiger charge is 2.32. The molecular weight excluding hydrogens is 246 g/mol. The minimum absolute atomic E-state index is 0.00812. The van der Waals surface area contributed by atoms with Gasteiger partial charge in [-0.3, -0.25) is 4.79 Å². The highest BCUT2D eigenvalue weighted by Crippen LogP contribution is 2.26. The lowest BCUT2D eigenvalue weighted by atomic mass is 9.92. The molecule has 1 N–H and O–H groups in total. The number of carboxylic acids is 1. The second-order valence-corrected chi connectivity index (χ2v) is 5.06. The van der Waals surface area contributed by atoms with Crippen molar-refractivity contribution >= 4 is 12.1 Å². The molecule has 0 bridgehead atoms. The second kappa shape index (κ2) is 8.02. The van der Waals surface area contributed by atoms with Crippen LogP contribution in [0.3, 0.4) is 0 Å². The summed E-state index contributed by atoms with van der Waals surface area (Å²) in [6, 6.07) is -0.128. The van der Waals surface area contributed by atoms with E-state index < -0.39 is 5.97 Å².